The van der Waals surface area contributed by atoms with E-state index in [1.807, 2.05) is 28.8 Å². The van der Waals surface area contributed by atoms with Crippen LogP contribution in [-0.4, -0.2) is 53.0 Å². The van der Waals surface area contributed by atoms with Gasteiger partial charge in [0, 0.05) is 45.0 Å². The van der Waals surface area contributed by atoms with E-state index in [-0.39, 0.29) is 11.7 Å². The third-order valence-corrected chi connectivity index (χ3v) is 4.51. The lowest BCUT2D eigenvalue weighted by Gasteiger charge is -2.34. The number of piperazine rings is 1. The zero-order valence-electron chi connectivity index (χ0n) is 13.6. The number of aromatic nitrogens is 1. The van der Waals surface area contributed by atoms with Gasteiger partial charge in [0.05, 0.1) is 0 Å². The molecule has 1 saturated heterocycles. The van der Waals surface area contributed by atoms with Gasteiger partial charge in [-0.15, -0.1) is 0 Å². The number of rotatable bonds is 3. The first-order chi connectivity index (χ1) is 11.1. The van der Waals surface area contributed by atoms with Crippen molar-refractivity contribution >= 4 is 5.91 Å². The van der Waals surface area contributed by atoms with Crippen LogP contribution in [0.15, 0.2) is 36.5 Å². The summed E-state index contributed by atoms with van der Waals surface area (Å²) in [6.45, 7) is 6.56. The molecule has 0 N–H and O–H groups in total. The quantitative estimate of drug-likeness (QED) is 0.871. The summed E-state index contributed by atoms with van der Waals surface area (Å²) in [6.07, 6.45) is 1.92. The van der Waals surface area contributed by atoms with Gasteiger partial charge < -0.3 is 14.4 Å². The molecule has 0 saturated carbocycles. The number of halogens is 1. The standard InChI is InChI=1S/C18H22FN3O/c1-3-21-8-10-22(11-9-21)18(23)17-12-15(13-20(17)2)14-4-6-16(19)7-5-14/h4-7,12-13H,3,8-11H2,1-2H3. The highest BCUT2D eigenvalue weighted by Crippen LogP contribution is 2.23. The molecular formula is C18H22FN3O. The Morgan fingerprint density at radius 2 is 1.74 bits per heavy atom. The molecule has 0 atom stereocenters. The van der Waals surface area contributed by atoms with E-state index in [9.17, 15) is 9.18 Å². The van der Waals surface area contributed by atoms with E-state index in [0.717, 1.165) is 43.9 Å². The first kappa shape index (κ1) is 15.7. The van der Waals surface area contributed by atoms with Crippen LogP contribution >= 0.6 is 0 Å². The van der Waals surface area contributed by atoms with E-state index in [2.05, 4.69) is 11.8 Å². The number of hydrogen-bond acceptors (Lipinski definition) is 2. The number of nitrogens with zero attached hydrogens (tertiary/aromatic N) is 3. The molecule has 1 amide bonds. The summed E-state index contributed by atoms with van der Waals surface area (Å²) in [5.74, 6) is -0.189. The lowest BCUT2D eigenvalue weighted by molar-refractivity contribution is 0.0634. The topological polar surface area (TPSA) is 28.5 Å². The van der Waals surface area contributed by atoms with Crippen LogP contribution < -0.4 is 0 Å². The Balaban J connectivity index is 1.78. The SMILES string of the molecule is CCN1CCN(C(=O)c2cc(-c3ccc(F)cc3)cn2C)CC1. The minimum atomic E-state index is -0.255. The van der Waals surface area contributed by atoms with Crippen molar-refractivity contribution in [2.45, 2.75) is 6.92 Å². The number of carbonyl (C=O) groups excluding carboxylic acids is 1. The molecule has 0 bridgehead atoms. The Labute approximate surface area is 136 Å². The average Bonchev–Trinajstić information content (AvgIpc) is 2.96. The second-order valence-corrected chi connectivity index (χ2v) is 5.96. The smallest absolute Gasteiger partial charge is 0.270 e. The predicted octanol–water partition coefficient (Wildman–Crippen LogP) is 2.61. The lowest BCUT2D eigenvalue weighted by atomic mass is 10.1. The molecule has 0 radical (unpaired) electrons. The molecule has 5 heteroatoms. The maximum atomic E-state index is 13.0. The van der Waals surface area contributed by atoms with Crippen LogP contribution in [0, 0.1) is 5.82 Å². The van der Waals surface area contributed by atoms with Crippen molar-refractivity contribution in [3.63, 3.8) is 0 Å². The lowest BCUT2D eigenvalue weighted by Crippen LogP contribution is -2.48. The Kier molecular flexibility index (Phi) is 4.48. The summed E-state index contributed by atoms with van der Waals surface area (Å²) < 4.78 is 14.9. The van der Waals surface area contributed by atoms with Gasteiger partial charge >= 0.3 is 0 Å². The number of aryl methyl sites for hydroxylation is 1. The van der Waals surface area contributed by atoms with Gasteiger partial charge in [-0.1, -0.05) is 19.1 Å². The molecule has 3 rings (SSSR count). The minimum Gasteiger partial charge on any atom is -0.346 e. The monoisotopic (exact) mass is 315 g/mol. The van der Waals surface area contributed by atoms with Crippen LogP contribution in [-0.2, 0) is 7.05 Å². The first-order valence-electron chi connectivity index (χ1n) is 8.02. The van der Waals surface area contributed by atoms with Gasteiger partial charge in [-0.2, -0.15) is 0 Å². The molecule has 1 aromatic carbocycles. The normalized spacial score (nSPS) is 15.9. The van der Waals surface area contributed by atoms with Gasteiger partial charge in [0.25, 0.3) is 5.91 Å². The molecule has 122 valence electrons. The van der Waals surface area contributed by atoms with Gasteiger partial charge in [0.15, 0.2) is 0 Å². The molecule has 1 aliphatic heterocycles. The van der Waals surface area contributed by atoms with Gasteiger partial charge in [-0.3, -0.25) is 4.79 Å². The van der Waals surface area contributed by atoms with E-state index < -0.39 is 0 Å². The Bertz CT molecular complexity index is 685. The van der Waals surface area contributed by atoms with Crippen LogP contribution in [0.5, 0.6) is 0 Å². The van der Waals surface area contributed by atoms with E-state index in [1.165, 1.54) is 12.1 Å². The summed E-state index contributed by atoms with van der Waals surface area (Å²) in [7, 11) is 1.88. The predicted molar refractivity (Wildman–Crippen MR) is 88.8 cm³/mol. The maximum Gasteiger partial charge on any atom is 0.270 e. The number of amides is 1. The van der Waals surface area contributed by atoms with Gasteiger partial charge in [-0.05, 0) is 30.3 Å². The molecule has 1 fully saturated rings. The molecule has 2 aromatic rings. The number of benzene rings is 1. The fourth-order valence-corrected chi connectivity index (χ4v) is 3.01. The van der Waals surface area contributed by atoms with Crippen molar-refractivity contribution in [3.05, 3.63) is 48.0 Å². The van der Waals surface area contributed by atoms with Crippen LogP contribution in [0.1, 0.15) is 17.4 Å². The third-order valence-electron chi connectivity index (χ3n) is 4.51. The Morgan fingerprint density at radius 3 is 2.35 bits per heavy atom. The Morgan fingerprint density at radius 1 is 1.09 bits per heavy atom. The number of carbonyl (C=O) groups is 1. The highest BCUT2D eigenvalue weighted by atomic mass is 19.1. The molecule has 23 heavy (non-hydrogen) atoms. The van der Waals surface area contributed by atoms with Crippen LogP contribution in [0.3, 0.4) is 0 Å². The molecule has 4 nitrogen and oxygen atoms in total. The van der Waals surface area contributed by atoms with Crippen LogP contribution in [0.2, 0.25) is 0 Å². The fraction of sp³-hybridized carbons (Fsp3) is 0.389. The molecular weight excluding hydrogens is 293 g/mol. The highest BCUT2D eigenvalue weighted by Gasteiger charge is 2.23. The summed E-state index contributed by atoms with van der Waals surface area (Å²) in [5.41, 5.74) is 2.52. The van der Waals surface area contributed by atoms with Crippen LogP contribution in [0.25, 0.3) is 11.1 Å². The first-order valence-corrected chi connectivity index (χ1v) is 8.02. The number of hydrogen-bond donors (Lipinski definition) is 0. The molecule has 0 aliphatic carbocycles. The highest BCUT2D eigenvalue weighted by molar-refractivity contribution is 5.94. The summed E-state index contributed by atoms with van der Waals surface area (Å²) in [4.78, 5) is 17.0. The average molecular weight is 315 g/mol. The van der Waals surface area contributed by atoms with Crippen molar-refractivity contribution in [1.29, 1.82) is 0 Å². The van der Waals surface area contributed by atoms with E-state index in [4.69, 9.17) is 0 Å². The summed E-state index contributed by atoms with van der Waals surface area (Å²) >= 11 is 0. The largest absolute Gasteiger partial charge is 0.346 e. The van der Waals surface area contributed by atoms with E-state index in [0.29, 0.717) is 5.69 Å². The summed E-state index contributed by atoms with van der Waals surface area (Å²) in [6, 6.07) is 8.24. The van der Waals surface area contributed by atoms with Crippen molar-refractivity contribution in [2.75, 3.05) is 32.7 Å². The molecule has 1 aromatic heterocycles. The summed E-state index contributed by atoms with van der Waals surface area (Å²) in [5, 5.41) is 0. The second kappa shape index (κ2) is 6.54. The van der Waals surface area contributed by atoms with Crippen molar-refractivity contribution in [3.8, 4) is 11.1 Å². The zero-order valence-corrected chi connectivity index (χ0v) is 13.6. The molecule has 0 unspecified atom stereocenters. The maximum absolute atomic E-state index is 13.0. The van der Waals surface area contributed by atoms with Crippen molar-refractivity contribution in [2.24, 2.45) is 7.05 Å². The third kappa shape index (κ3) is 3.29. The fourth-order valence-electron chi connectivity index (χ4n) is 3.01. The van der Waals surface area contributed by atoms with Crippen LogP contribution in [0.4, 0.5) is 4.39 Å². The molecule has 1 aliphatic rings. The van der Waals surface area contributed by atoms with Gasteiger partial charge in [-0.25, -0.2) is 4.39 Å². The van der Waals surface area contributed by atoms with E-state index >= 15 is 0 Å². The van der Waals surface area contributed by atoms with E-state index in [1.54, 1.807) is 12.1 Å². The molecule has 0 spiro atoms. The van der Waals surface area contributed by atoms with Crippen molar-refractivity contribution < 1.29 is 9.18 Å². The zero-order chi connectivity index (χ0) is 16.4. The Hall–Kier alpha value is -2.14. The number of likely N-dealkylation sites (N-methyl/N-ethyl adjacent to an activating group) is 1. The van der Waals surface area contributed by atoms with Gasteiger partial charge in [0.2, 0.25) is 0 Å². The second-order valence-electron chi connectivity index (χ2n) is 5.96. The molecule has 2 heterocycles. The van der Waals surface area contributed by atoms with Crippen molar-refractivity contribution in [1.82, 2.24) is 14.4 Å². The van der Waals surface area contributed by atoms with Gasteiger partial charge in [0.1, 0.15) is 11.5 Å². The minimum absolute atomic E-state index is 0.0663.